The van der Waals surface area contributed by atoms with E-state index in [0.717, 1.165) is 0 Å². The second kappa shape index (κ2) is 5.58. The summed E-state index contributed by atoms with van der Waals surface area (Å²) in [5.74, 6) is -1.74. The lowest BCUT2D eigenvalue weighted by Gasteiger charge is -2.05. The van der Waals surface area contributed by atoms with Gasteiger partial charge in [0.15, 0.2) is 0 Å². The minimum absolute atomic E-state index is 0.00963. The SMILES string of the molecule is O=C(Nc1cccc(O)c1)C(=O)Nc1ncccn1. The van der Waals surface area contributed by atoms with Gasteiger partial charge in [-0.1, -0.05) is 6.07 Å². The van der Waals surface area contributed by atoms with Crippen LogP contribution in [0.15, 0.2) is 42.7 Å². The number of carbonyl (C=O) groups is 2. The highest BCUT2D eigenvalue weighted by molar-refractivity contribution is 6.43. The molecule has 0 fully saturated rings. The molecule has 2 rings (SSSR count). The fourth-order valence-electron chi connectivity index (χ4n) is 1.29. The predicted octanol–water partition coefficient (Wildman–Crippen LogP) is 0.759. The average Bonchev–Trinajstić information content (AvgIpc) is 2.40. The normalized spacial score (nSPS) is 9.68. The minimum Gasteiger partial charge on any atom is -0.508 e. The Morgan fingerprint density at radius 1 is 1.00 bits per heavy atom. The largest absolute Gasteiger partial charge is 0.508 e. The average molecular weight is 258 g/mol. The van der Waals surface area contributed by atoms with E-state index in [1.165, 1.54) is 24.5 Å². The van der Waals surface area contributed by atoms with Crippen LogP contribution in [0.4, 0.5) is 11.6 Å². The Kier molecular flexibility index (Phi) is 3.67. The van der Waals surface area contributed by atoms with Gasteiger partial charge in [0.2, 0.25) is 5.95 Å². The summed E-state index contributed by atoms with van der Waals surface area (Å²) in [6.45, 7) is 0. The van der Waals surface area contributed by atoms with Crippen LogP contribution in [0, 0.1) is 0 Å². The van der Waals surface area contributed by atoms with Gasteiger partial charge in [0, 0.05) is 24.1 Å². The maximum absolute atomic E-state index is 11.6. The Morgan fingerprint density at radius 2 is 1.68 bits per heavy atom. The van der Waals surface area contributed by atoms with Crippen molar-refractivity contribution in [3.05, 3.63) is 42.7 Å². The van der Waals surface area contributed by atoms with Crippen molar-refractivity contribution < 1.29 is 14.7 Å². The van der Waals surface area contributed by atoms with Crippen LogP contribution in [0.5, 0.6) is 5.75 Å². The number of anilines is 2. The smallest absolute Gasteiger partial charge is 0.316 e. The number of rotatable bonds is 2. The van der Waals surface area contributed by atoms with Crippen molar-refractivity contribution in [1.82, 2.24) is 9.97 Å². The highest BCUT2D eigenvalue weighted by Crippen LogP contribution is 2.15. The number of nitrogens with one attached hydrogen (secondary N) is 2. The first kappa shape index (κ1) is 12.5. The molecule has 0 aliphatic heterocycles. The van der Waals surface area contributed by atoms with Gasteiger partial charge < -0.3 is 10.4 Å². The van der Waals surface area contributed by atoms with Crippen molar-refractivity contribution in [3.8, 4) is 5.75 Å². The third kappa shape index (κ3) is 3.50. The molecule has 0 saturated heterocycles. The molecule has 2 aromatic rings. The number of phenols is 1. The van der Waals surface area contributed by atoms with E-state index in [2.05, 4.69) is 20.6 Å². The van der Waals surface area contributed by atoms with Crippen molar-refractivity contribution in [2.45, 2.75) is 0 Å². The van der Waals surface area contributed by atoms with E-state index >= 15 is 0 Å². The van der Waals surface area contributed by atoms with Crippen LogP contribution < -0.4 is 10.6 Å². The lowest BCUT2D eigenvalue weighted by Crippen LogP contribution is -2.29. The minimum atomic E-state index is -0.894. The van der Waals surface area contributed by atoms with Gasteiger partial charge in [0.1, 0.15) is 5.75 Å². The summed E-state index contributed by atoms with van der Waals surface area (Å²) in [5.41, 5.74) is 0.314. The number of carbonyl (C=O) groups excluding carboxylic acids is 2. The van der Waals surface area contributed by atoms with Crippen molar-refractivity contribution in [2.75, 3.05) is 10.6 Å². The molecule has 2 amide bonds. The number of nitrogens with zero attached hydrogens (tertiary/aromatic N) is 2. The van der Waals surface area contributed by atoms with Crippen molar-refractivity contribution in [2.24, 2.45) is 0 Å². The third-order valence-electron chi connectivity index (χ3n) is 2.10. The van der Waals surface area contributed by atoms with E-state index in [1.54, 1.807) is 18.2 Å². The molecule has 0 atom stereocenters. The van der Waals surface area contributed by atoms with Gasteiger partial charge in [-0.05, 0) is 18.2 Å². The molecule has 0 radical (unpaired) electrons. The maximum Gasteiger partial charge on any atom is 0.316 e. The summed E-state index contributed by atoms with van der Waals surface area (Å²) >= 11 is 0. The molecule has 0 aliphatic rings. The second-order valence-corrected chi connectivity index (χ2v) is 3.53. The fourth-order valence-corrected chi connectivity index (χ4v) is 1.29. The number of phenolic OH excluding ortho intramolecular Hbond substituents is 1. The first-order valence-corrected chi connectivity index (χ1v) is 5.33. The molecule has 7 nitrogen and oxygen atoms in total. The van der Waals surface area contributed by atoms with Gasteiger partial charge in [-0.2, -0.15) is 0 Å². The molecule has 1 aromatic carbocycles. The summed E-state index contributed by atoms with van der Waals surface area (Å²) in [7, 11) is 0. The standard InChI is InChI=1S/C12H10N4O3/c17-9-4-1-3-8(7-9)15-10(18)11(19)16-12-13-5-2-6-14-12/h1-7,17H,(H,15,18)(H,13,14,16,19). The molecule has 7 heteroatoms. The number of amides is 2. The molecule has 0 spiro atoms. The maximum atomic E-state index is 11.6. The Balaban J connectivity index is 1.98. The molecule has 96 valence electrons. The number of hydrogen-bond donors (Lipinski definition) is 3. The monoisotopic (exact) mass is 258 g/mol. The predicted molar refractivity (Wildman–Crippen MR) is 67.4 cm³/mol. The summed E-state index contributed by atoms with van der Waals surface area (Å²) in [6, 6.07) is 7.45. The number of benzene rings is 1. The Bertz CT molecular complexity index is 601. The number of hydrogen-bond acceptors (Lipinski definition) is 5. The Labute approximate surface area is 108 Å². The van der Waals surface area contributed by atoms with Crippen molar-refractivity contribution >= 4 is 23.5 Å². The van der Waals surface area contributed by atoms with E-state index in [4.69, 9.17) is 0 Å². The number of aromatic hydroxyl groups is 1. The van der Waals surface area contributed by atoms with E-state index in [1.807, 2.05) is 0 Å². The van der Waals surface area contributed by atoms with Gasteiger partial charge in [-0.15, -0.1) is 0 Å². The Morgan fingerprint density at radius 3 is 2.37 bits per heavy atom. The van der Waals surface area contributed by atoms with Gasteiger partial charge >= 0.3 is 11.8 Å². The van der Waals surface area contributed by atoms with Crippen LogP contribution in [0.2, 0.25) is 0 Å². The highest BCUT2D eigenvalue weighted by Gasteiger charge is 2.15. The fraction of sp³-hybridized carbons (Fsp3) is 0. The highest BCUT2D eigenvalue weighted by atomic mass is 16.3. The molecule has 0 bridgehead atoms. The van der Waals surface area contributed by atoms with E-state index in [-0.39, 0.29) is 11.7 Å². The van der Waals surface area contributed by atoms with Crippen LogP contribution in [-0.4, -0.2) is 26.9 Å². The van der Waals surface area contributed by atoms with Crippen LogP contribution >= 0.6 is 0 Å². The third-order valence-corrected chi connectivity index (χ3v) is 2.10. The van der Waals surface area contributed by atoms with Crippen LogP contribution in [0.1, 0.15) is 0 Å². The van der Waals surface area contributed by atoms with E-state index in [9.17, 15) is 14.7 Å². The summed E-state index contributed by atoms with van der Waals surface area (Å²) in [4.78, 5) is 30.6. The molecular formula is C12H10N4O3. The topological polar surface area (TPSA) is 104 Å². The van der Waals surface area contributed by atoms with Crippen LogP contribution in [0.25, 0.3) is 0 Å². The molecule has 3 N–H and O–H groups in total. The van der Waals surface area contributed by atoms with Gasteiger partial charge in [-0.3, -0.25) is 14.9 Å². The second-order valence-electron chi connectivity index (χ2n) is 3.53. The van der Waals surface area contributed by atoms with Gasteiger partial charge in [-0.25, -0.2) is 9.97 Å². The van der Waals surface area contributed by atoms with Crippen LogP contribution in [-0.2, 0) is 9.59 Å². The van der Waals surface area contributed by atoms with Crippen molar-refractivity contribution in [1.29, 1.82) is 0 Å². The zero-order valence-electron chi connectivity index (χ0n) is 9.70. The summed E-state index contributed by atoms with van der Waals surface area (Å²) < 4.78 is 0. The van der Waals surface area contributed by atoms with Gasteiger partial charge in [0.25, 0.3) is 0 Å². The lowest BCUT2D eigenvalue weighted by molar-refractivity contribution is -0.133. The molecule has 0 saturated carbocycles. The van der Waals surface area contributed by atoms with Crippen molar-refractivity contribution in [3.63, 3.8) is 0 Å². The molecule has 1 aromatic heterocycles. The first-order valence-electron chi connectivity index (χ1n) is 5.33. The molecular weight excluding hydrogens is 248 g/mol. The molecule has 0 aliphatic carbocycles. The molecule has 19 heavy (non-hydrogen) atoms. The zero-order chi connectivity index (χ0) is 13.7. The molecule has 0 unspecified atom stereocenters. The first-order chi connectivity index (χ1) is 9.15. The van der Waals surface area contributed by atoms with E-state index in [0.29, 0.717) is 5.69 Å². The van der Waals surface area contributed by atoms with Crippen LogP contribution in [0.3, 0.4) is 0 Å². The quantitative estimate of drug-likeness (QED) is 0.690. The number of aromatic nitrogens is 2. The summed E-state index contributed by atoms with van der Waals surface area (Å²) in [6.07, 6.45) is 2.88. The Hall–Kier alpha value is -2.96. The lowest BCUT2D eigenvalue weighted by atomic mass is 10.3. The molecule has 1 heterocycles. The van der Waals surface area contributed by atoms with Gasteiger partial charge in [0.05, 0.1) is 0 Å². The van der Waals surface area contributed by atoms with E-state index < -0.39 is 11.8 Å². The summed E-state index contributed by atoms with van der Waals surface area (Å²) in [5, 5.41) is 13.8. The zero-order valence-corrected chi connectivity index (χ0v) is 9.70.